The minimum Gasteiger partial charge on any atom is -0.493 e. The summed E-state index contributed by atoms with van der Waals surface area (Å²) in [5, 5.41) is 0. The summed E-state index contributed by atoms with van der Waals surface area (Å²) in [7, 11) is 1.65. The van der Waals surface area contributed by atoms with Crippen molar-refractivity contribution in [2.45, 2.75) is 6.92 Å². The lowest BCUT2D eigenvalue weighted by atomic mass is 10.1. The van der Waals surface area contributed by atoms with Gasteiger partial charge in [-0.1, -0.05) is 60.7 Å². The van der Waals surface area contributed by atoms with Crippen molar-refractivity contribution in [2.24, 2.45) is 0 Å². The maximum atomic E-state index is 5.50. The molecule has 104 valence electrons. The van der Waals surface area contributed by atoms with E-state index in [0.717, 1.165) is 28.3 Å². The van der Waals surface area contributed by atoms with E-state index in [4.69, 9.17) is 9.72 Å². The van der Waals surface area contributed by atoms with Gasteiger partial charge in [0.15, 0.2) is 11.6 Å². The third-order valence-electron chi connectivity index (χ3n) is 3.32. The predicted molar refractivity (Wildman–Crippen MR) is 84.2 cm³/mol. The Hall–Kier alpha value is -2.68. The first kappa shape index (κ1) is 13.3. The molecule has 0 spiro atoms. The van der Waals surface area contributed by atoms with E-state index in [2.05, 4.69) is 4.98 Å². The number of aryl methyl sites for hydroxylation is 1. The Balaban J connectivity index is 2.21. The maximum absolute atomic E-state index is 5.50. The Morgan fingerprint density at radius 1 is 0.762 bits per heavy atom. The van der Waals surface area contributed by atoms with Crippen molar-refractivity contribution in [1.82, 2.24) is 9.97 Å². The molecule has 0 saturated heterocycles. The summed E-state index contributed by atoms with van der Waals surface area (Å²) in [4.78, 5) is 9.27. The predicted octanol–water partition coefficient (Wildman–Crippen LogP) is 4.13. The highest BCUT2D eigenvalue weighted by Crippen LogP contribution is 2.32. The van der Waals surface area contributed by atoms with Gasteiger partial charge in [-0.2, -0.15) is 0 Å². The second-order valence-corrected chi connectivity index (χ2v) is 4.75. The van der Waals surface area contributed by atoms with Crippen LogP contribution < -0.4 is 4.74 Å². The zero-order valence-electron chi connectivity index (χ0n) is 12.1. The number of rotatable bonds is 3. The van der Waals surface area contributed by atoms with E-state index in [0.29, 0.717) is 5.82 Å². The van der Waals surface area contributed by atoms with Gasteiger partial charge in [-0.05, 0) is 6.92 Å². The van der Waals surface area contributed by atoms with Crippen molar-refractivity contribution in [1.29, 1.82) is 0 Å². The van der Waals surface area contributed by atoms with Gasteiger partial charge in [-0.25, -0.2) is 9.97 Å². The van der Waals surface area contributed by atoms with Crippen molar-refractivity contribution in [3.8, 4) is 28.4 Å². The summed E-state index contributed by atoms with van der Waals surface area (Å²) < 4.78 is 5.50. The molecule has 3 nitrogen and oxygen atoms in total. The summed E-state index contributed by atoms with van der Waals surface area (Å²) in [5.74, 6) is 1.44. The van der Waals surface area contributed by atoms with Gasteiger partial charge in [0, 0.05) is 11.1 Å². The third kappa shape index (κ3) is 2.63. The zero-order chi connectivity index (χ0) is 14.7. The minimum atomic E-state index is 0.716. The van der Waals surface area contributed by atoms with Gasteiger partial charge in [0.25, 0.3) is 0 Å². The van der Waals surface area contributed by atoms with Crippen LogP contribution in [0.3, 0.4) is 0 Å². The normalized spacial score (nSPS) is 10.4. The number of hydrogen-bond donors (Lipinski definition) is 0. The molecule has 2 aromatic carbocycles. The average molecular weight is 276 g/mol. The molecule has 3 aromatic rings. The Kier molecular flexibility index (Phi) is 3.65. The van der Waals surface area contributed by atoms with Crippen LogP contribution >= 0.6 is 0 Å². The average Bonchev–Trinajstić information content (AvgIpc) is 2.55. The van der Waals surface area contributed by atoms with Crippen molar-refractivity contribution in [3.05, 3.63) is 66.4 Å². The lowest BCUT2D eigenvalue weighted by Crippen LogP contribution is -2.00. The fraction of sp³-hybridized carbons (Fsp3) is 0.111. The first-order valence-corrected chi connectivity index (χ1v) is 6.83. The molecule has 0 saturated carbocycles. The largest absolute Gasteiger partial charge is 0.493 e. The second kappa shape index (κ2) is 5.75. The van der Waals surface area contributed by atoms with Gasteiger partial charge in [-0.3, -0.25) is 0 Å². The van der Waals surface area contributed by atoms with Crippen LogP contribution in [-0.2, 0) is 0 Å². The van der Waals surface area contributed by atoms with E-state index in [1.165, 1.54) is 0 Å². The molecule has 0 aliphatic heterocycles. The monoisotopic (exact) mass is 276 g/mol. The molecule has 0 fully saturated rings. The number of methoxy groups -OCH3 is 1. The van der Waals surface area contributed by atoms with Crippen LogP contribution in [0.1, 0.15) is 5.69 Å². The van der Waals surface area contributed by atoms with E-state index in [9.17, 15) is 0 Å². The number of benzene rings is 2. The number of ether oxygens (including phenoxy) is 1. The highest BCUT2D eigenvalue weighted by molar-refractivity contribution is 5.70. The van der Waals surface area contributed by atoms with Crippen LogP contribution in [-0.4, -0.2) is 17.1 Å². The number of nitrogens with zero attached hydrogens (tertiary/aromatic N) is 2. The van der Waals surface area contributed by atoms with Crippen LogP contribution in [0.4, 0.5) is 0 Å². The fourth-order valence-corrected chi connectivity index (χ4v) is 2.32. The van der Waals surface area contributed by atoms with Gasteiger partial charge >= 0.3 is 0 Å². The number of aromatic nitrogens is 2. The topological polar surface area (TPSA) is 35.0 Å². The van der Waals surface area contributed by atoms with Crippen molar-refractivity contribution < 1.29 is 4.74 Å². The second-order valence-electron chi connectivity index (χ2n) is 4.75. The lowest BCUT2D eigenvalue weighted by Gasteiger charge is -2.12. The highest BCUT2D eigenvalue weighted by atomic mass is 16.5. The summed E-state index contributed by atoms with van der Waals surface area (Å²) in [6.45, 7) is 1.94. The van der Waals surface area contributed by atoms with Crippen LogP contribution in [0, 0.1) is 6.92 Å². The molecule has 0 atom stereocenters. The summed E-state index contributed by atoms with van der Waals surface area (Å²) >= 11 is 0. The summed E-state index contributed by atoms with van der Waals surface area (Å²) in [6, 6.07) is 20.0. The molecule has 3 rings (SSSR count). The first-order valence-electron chi connectivity index (χ1n) is 6.83. The minimum absolute atomic E-state index is 0.716. The molecule has 1 aromatic heterocycles. The van der Waals surface area contributed by atoms with Gasteiger partial charge in [0.1, 0.15) is 5.69 Å². The maximum Gasteiger partial charge on any atom is 0.166 e. The van der Waals surface area contributed by atoms with Crippen LogP contribution in [0.2, 0.25) is 0 Å². The molecule has 0 radical (unpaired) electrons. The van der Waals surface area contributed by atoms with Crippen molar-refractivity contribution >= 4 is 0 Å². The molecular weight excluding hydrogens is 260 g/mol. The van der Waals surface area contributed by atoms with Crippen molar-refractivity contribution in [2.75, 3.05) is 7.11 Å². The molecule has 0 bridgehead atoms. The quantitative estimate of drug-likeness (QED) is 0.721. The zero-order valence-corrected chi connectivity index (χ0v) is 12.1. The molecule has 0 aliphatic rings. The Morgan fingerprint density at radius 3 is 1.90 bits per heavy atom. The lowest BCUT2D eigenvalue weighted by molar-refractivity contribution is 0.409. The van der Waals surface area contributed by atoms with Gasteiger partial charge in [-0.15, -0.1) is 0 Å². The Bertz CT molecular complexity index is 740. The van der Waals surface area contributed by atoms with Crippen LogP contribution in [0.25, 0.3) is 22.6 Å². The van der Waals surface area contributed by atoms with Crippen molar-refractivity contribution in [3.63, 3.8) is 0 Å². The van der Waals surface area contributed by atoms with Gasteiger partial charge < -0.3 is 4.74 Å². The Morgan fingerprint density at radius 2 is 1.33 bits per heavy atom. The van der Waals surface area contributed by atoms with Gasteiger partial charge in [0.05, 0.1) is 12.8 Å². The first-order chi connectivity index (χ1) is 10.3. The molecular formula is C18H16N2O. The third-order valence-corrected chi connectivity index (χ3v) is 3.32. The highest BCUT2D eigenvalue weighted by Gasteiger charge is 2.14. The van der Waals surface area contributed by atoms with E-state index in [-0.39, 0.29) is 0 Å². The summed E-state index contributed by atoms with van der Waals surface area (Å²) in [5.41, 5.74) is 3.69. The standard InChI is InChI=1S/C18H16N2O/c1-13-17(21-2)16(14-9-5-3-6-10-14)20-18(19-13)15-11-7-4-8-12-15/h3-12H,1-2H3. The summed E-state index contributed by atoms with van der Waals surface area (Å²) in [6.07, 6.45) is 0. The van der Waals surface area contributed by atoms with Crippen LogP contribution in [0.5, 0.6) is 5.75 Å². The van der Waals surface area contributed by atoms with E-state index < -0.39 is 0 Å². The Labute approximate surface area is 124 Å². The van der Waals surface area contributed by atoms with E-state index >= 15 is 0 Å². The fourth-order valence-electron chi connectivity index (χ4n) is 2.32. The molecule has 0 aliphatic carbocycles. The molecule has 3 heteroatoms. The smallest absolute Gasteiger partial charge is 0.166 e. The SMILES string of the molecule is COc1c(C)nc(-c2ccccc2)nc1-c1ccccc1. The van der Waals surface area contributed by atoms with Crippen LogP contribution in [0.15, 0.2) is 60.7 Å². The van der Waals surface area contributed by atoms with E-state index in [1.54, 1.807) is 7.11 Å². The molecule has 0 amide bonds. The van der Waals surface area contributed by atoms with E-state index in [1.807, 2.05) is 67.6 Å². The molecule has 21 heavy (non-hydrogen) atoms. The number of hydrogen-bond acceptors (Lipinski definition) is 3. The molecule has 1 heterocycles. The molecule has 0 N–H and O–H groups in total. The van der Waals surface area contributed by atoms with Gasteiger partial charge in [0.2, 0.25) is 0 Å². The molecule has 0 unspecified atom stereocenters.